The normalized spacial score (nSPS) is 11.3. The minimum absolute atomic E-state index is 0.275. The second kappa shape index (κ2) is 8.49. The van der Waals surface area contributed by atoms with E-state index in [4.69, 9.17) is 16.6 Å². The summed E-state index contributed by atoms with van der Waals surface area (Å²) >= 11 is 5.96. The molecule has 32 heavy (non-hydrogen) atoms. The summed E-state index contributed by atoms with van der Waals surface area (Å²) in [7, 11) is 0. The zero-order valence-electron chi connectivity index (χ0n) is 16.8. The fourth-order valence-electron chi connectivity index (χ4n) is 3.23. The first-order valence-corrected chi connectivity index (χ1v) is 10.2. The van der Waals surface area contributed by atoms with Crippen LogP contribution in [0.4, 0.5) is 11.6 Å². The average Bonchev–Trinajstić information content (AvgIpc) is 3.25. The molecule has 0 spiro atoms. The molecule has 5 rings (SSSR count). The molecule has 7 nitrogen and oxygen atoms in total. The maximum absolute atomic E-state index is 13.4. The van der Waals surface area contributed by atoms with Crippen molar-refractivity contribution in [1.82, 2.24) is 19.4 Å². The third-order valence-electron chi connectivity index (χ3n) is 4.80. The Morgan fingerprint density at radius 2 is 1.59 bits per heavy atom. The summed E-state index contributed by atoms with van der Waals surface area (Å²) in [5, 5.41) is 13.0. The van der Waals surface area contributed by atoms with Gasteiger partial charge in [-0.1, -0.05) is 60.1 Å². The SMILES string of the molecule is O=c1c2cnn(-c3ccccc3)c2nc(Nc2ccccc2)n1/N=C/c1ccc(Cl)cc1. The lowest BCUT2D eigenvalue weighted by molar-refractivity contribution is 0.822. The molecule has 0 radical (unpaired) electrons. The number of fused-ring (bicyclic) bond motifs is 1. The first-order chi connectivity index (χ1) is 15.7. The molecule has 0 aliphatic rings. The fraction of sp³-hybridized carbons (Fsp3) is 0. The van der Waals surface area contributed by atoms with Crippen molar-refractivity contribution in [2.75, 3.05) is 5.32 Å². The van der Waals surface area contributed by atoms with Crippen molar-refractivity contribution in [3.8, 4) is 5.69 Å². The van der Waals surface area contributed by atoms with Crippen LogP contribution >= 0.6 is 11.6 Å². The Morgan fingerprint density at radius 3 is 2.31 bits per heavy atom. The van der Waals surface area contributed by atoms with Crippen LogP contribution in [0.2, 0.25) is 5.02 Å². The summed E-state index contributed by atoms with van der Waals surface area (Å²) in [6, 6.07) is 26.2. The van der Waals surface area contributed by atoms with E-state index < -0.39 is 0 Å². The van der Waals surface area contributed by atoms with Gasteiger partial charge in [0, 0.05) is 10.7 Å². The van der Waals surface area contributed by atoms with Crippen LogP contribution < -0.4 is 10.9 Å². The van der Waals surface area contributed by atoms with Crippen molar-refractivity contribution in [2.45, 2.75) is 0 Å². The second-order valence-corrected chi connectivity index (χ2v) is 7.41. The van der Waals surface area contributed by atoms with E-state index in [-0.39, 0.29) is 11.5 Å². The molecule has 2 aromatic heterocycles. The largest absolute Gasteiger partial charge is 0.324 e. The predicted molar refractivity (Wildman–Crippen MR) is 127 cm³/mol. The van der Waals surface area contributed by atoms with Gasteiger partial charge in [-0.25, -0.2) is 4.68 Å². The lowest BCUT2D eigenvalue weighted by Crippen LogP contribution is -2.21. The van der Waals surface area contributed by atoms with Crippen LogP contribution in [-0.4, -0.2) is 25.7 Å². The van der Waals surface area contributed by atoms with Crippen LogP contribution in [-0.2, 0) is 0 Å². The number of rotatable bonds is 5. The maximum Gasteiger partial charge on any atom is 0.286 e. The quantitative estimate of drug-likeness (QED) is 0.396. The van der Waals surface area contributed by atoms with Crippen molar-refractivity contribution in [3.05, 3.63) is 112 Å². The molecule has 156 valence electrons. The molecule has 2 heterocycles. The average molecular weight is 441 g/mol. The van der Waals surface area contributed by atoms with E-state index in [0.717, 1.165) is 16.9 Å². The first kappa shape index (κ1) is 19.7. The molecule has 0 bridgehead atoms. The Hall–Kier alpha value is -4.23. The lowest BCUT2D eigenvalue weighted by atomic mass is 10.2. The number of nitrogens with zero attached hydrogens (tertiary/aromatic N) is 5. The molecular weight excluding hydrogens is 424 g/mol. The van der Waals surface area contributed by atoms with Crippen molar-refractivity contribution in [2.24, 2.45) is 5.10 Å². The van der Waals surface area contributed by atoms with Crippen LogP contribution in [0, 0.1) is 0 Å². The molecule has 1 N–H and O–H groups in total. The van der Waals surface area contributed by atoms with E-state index in [0.29, 0.717) is 16.1 Å². The number of halogens is 1. The van der Waals surface area contributed by atoms with E-state index >= 15 is 0 Å². The van der Waals surface area contributed by atoms with Crippen LogP contribution in [0.25, 0.3) is 16.7 Å². The Balaban J connectivity index is 1.67. The van der Waals surface area contributed by atoms with Gasteiger partial charge in [-0.3, -0.25) is 4.79 Å². The zero-order chi connectivity index (χ0) is 21.9. The molecule has 3 aromatic carbocycles. The maximum atomic E-state index is 13.4. The first-order valence-electron chi connectivity index (χ1n) is 9.87. The molecule has 0 aliphatic carbocycles. The molecule has 0 saturated heterocycles. The smallest absolute Gasteiger partial charge is 0.286 e. The Labute approximate surface area is 188 Å². The van der Waals surface area contributed by atoms with Gasteiger partial charge in [0.25, 0.3) is 5.56 Å². The summed E-state index contributed by atoms with van der Waals surface area (Å²) in [6.45, 7) is 0. The molecular formula is C24H17ClN6O. The molecule has 0 unspecified atom stereocenters. The highest BCUT2D eigenvalue weighted by molar-refractivity contribution is 6.30. The highest BCUT2D eigenvalue weighted by atomic mass is 35.5. The minimum atomic E-state index is -0.333. The van der Waals surface area contributed by atoms with Crippen LogP contribution in [0.5, 0.6) is 0 Å². The minimum Gasteiger partial charge on any atom is -0.324 e. The van der Waals surface area contributed by atoms with E-state index in [1.807, 2.05) is 72.8 Å². The van der Waals surface area contributed by atoms with E-state index in [1.165, 1.54) is 10.9 Å². The number of anilines is 2. The number of para-hydroxylation sites is 2. The summed E-state index contributed by atoms with van der Waals surface area (Å²) in [6.07, 6.45) is 3.10. The second-order valence-electron chi connectivity index (χ2n) is 6.97. The van der Waals surface area contributed by atoms with E-state index in [2.05, 4.69) is 15.5 Å². The van der Waals surface area contributed by atoms with Gasteiger partial charge in [-0.15, -0.1) is 0 Å². The highest BCUT2D eigenvalue weighted by Crippen LogP contribution is 2.19. The number of hydrogen-bond acceptors (Lipinski definition) is 5. The number of hydrogen-bond donors (Lipinski definition) is 1. The molecule has 0 fully saturated rings. The molecule has 0 atom stereocenters. The fourth-order valence-corrected chi connectivity index (χ4v) is 3.35. The molecule has 0 aliphatic heterocycles. The topological polar surface area (TPSA) is 77.1 Å². The van der Waals surface area contributed by atoms with Gasteiger partial charge in [0.1, 0.15) is 5.39 Å². The third-order valence-corrected chi connectivity index (χ3v) is 5.05. The van der Waals surface area contributed by atoms with Gasteiger partial charge in [0.2, 0.25) is 5.95 Å². The van der Waals surface area contributed by atoms with E-state index in [1.54, 1.807) is 23.0 Å². The summed E-state index contributed by atoms with van der Waals surface area (Å²) in [4.78, 5) is 18.1. The summed E-state index contributed by atoms with van der Waals surface area (Å²) in [5.74, 6) is 0.275. The van der Waals surface area contributed by atoms with Gasteiger partial charge < -0.3 is 5.32 Å². The Bertz CT molecular complexity index is 1460. The van der Waals surface area contributed by atoms with Gasteiger partial charge in [0.15, 0.2) is 5.65 Å². The van der Waals surface area contributed by atoms with Crippen LogP contribution in [0.3, 0.4) is 0 Å². The standard InChI is InChI=1S/C24H17ClN6O/c25-18-13-11-17(12-14-18)15-26-31-23(32)21-16-27-30(20-9-5-2-6-10-20)22(21)29-24(31)28-19-7-3-1-4-8-19/h1-16H,(H,28,29)/b26-15+. The van der Waals surface area contributed by atoms with Gasteiger partial charge in [0.05, 0.1) is 18.1 Å². The Morgan fingerprint density at radius 1 is 0.906 bits per heavy atom. The van der Waals surface area contributed by atoms with E-state index in [9.17, 15) is 4.79 Å². The predicted octanol–water partition coefficient (Wildman–Crippen LogP) is 4.86. The number of nitrogens with one attached hydrogen (secondary N) is 1. The molecule has 8 heteroatoms. The van der Waals surface area contributed by atoms with Crippen molar-refractivity contribution in [1.29, 1.82) is 0 Å². The number of benzene rings is 3. The van der Waals surface area contributed by atoms with Crippen molar-refractivity contribution < 1.29 is 0 Å². The van der Waals surface area contributed by atoms with Crippen molar-refractivity contribution in [3.63, 3.8) is 0 Å². The van der Waals surface area contributed by atoms with Crippen LogP contribution in [0.15, 0.2) is 101 Å². The summed E-state index contributed by atoms with van der Waals surface area (Å²) < 4.78 is 2.88. The van der Waals surface area contributed by atoms with Gasteiger partial charge in [-0.05, 0) is 42.0 Å². The monoisotopic (exact) mass is 440 g/mol. The summed E-state index contributed by atoms with van der Waals surface area (Å²) in [5.41, 5.74) is 2.49. The third kappa shape index (κ3) is 3.89. The number of aromatic nitrogens is 4. The Kier molecular flexibility index (Phi) is 5.23. The van der Waals surface area contributed by atoms with Crippen LogP contribution in [0.1, 0.15) is 5.56 Å². The zero-order valence-corrected chi connectivity index (χ0v) is 17.5. The highest BCUT2D eigenvalue weighted by Gasteiger charge is 2.16. The molecule has 5 aromatic rings. The van der Waals surface area contributed by atoms with Gasteiger partial charge >= 0.3 is 0 Å². The molecule has 0 amide bonds. The lowest BCUT2D eigenvalue weighted by Gasteiger charge is -2.11. The molecule has 0 saturated carbocycles. The van der Waals surface area contributed by atoms with Crippen molar-refractivity contribution >= 4 is 40.5 Å². The van der Waals surface area contributed by atoms with Gasteiger partial charge in [-0.2, -0.15) is 19.9 Å².